The third-order valence-corrected chi connectivity index (χ3v) is 2.86. The number of benzene rings is 1. The minimum Gasteiger partial charge on any atom is -0.491 e. The highest BCUT2D eigenvalue weighted by Crippen LogP contribution is 2.14. The van der Waals surface area contributed by atoms with Crippen LogP contribution in [0, 0.1) is 0 Å². The molecule has 0 radical (unpaired) electrons. The van der Waals surface area contributed by atoms with Gasteiger partial charge < -0.3 is 20.9 Å². The van der Waals surface area contributed by atoms with Crippen LogP contribution in [-0.2, 0) is 4.79 Å². The van der Waals surface area contributed by atoms with E-state index in [1.807, 2.05) is 11.8 Å². The van der Waals surface area contributed by atoms with Gasteiger partial charge in [-0.1, -0.05) is 13.0 Å². The quantitative estimate of drug-likeness (QED) is 0.587. The van der Waals surface area contributed by atoms with Crippen molar-refractivity contribution in [3.63, 3.8) is 0 Å². The van der Waals surface area contributed by atoms with Crippen LogP contribution < -0.4 is 15.8 Å². The highest BCUT2D eigenvalue weighted by atomic mass is 16.5. The zero-order valence-corrected chi connectivity index (χ0v) is 12.0. The van der Waals surface area contributed by atoms with Crippen molar-refractivity contribution in [2.75, 3.05) is 39.0 Å². The van der Waals surface area contributed by atoms with E-state index in [-0.39, 0.29) is 19.1 Å². The Morgan fingerprint density at radius 2 is 2.30 bits per heavy atom. The number of aliphatic hydroxyl groups is 1. The zero-order chi connectivity index (χ0) is 15.0. The Kier molecular flexibility index (Phi) is 6.83. The molecular weight excluding hydrogens is 258 g/mol. The van der Waals surface area contributed by atoms with Crippen molar-refractivity contribution in [1.82, 2.24) is 10.2 Å². The van der Waals surface area contributed by atoms with Crippen LogP contribution in [0.25, 0.3) is 0 Å². The Morgan fingerprint density at radius 1 is 1.55 bits per heavy atom. The second-order valence-corrected chi connectivity index (χ2v) is 4.54. The number of nitrogens with two attached hydrogens (primary N) is 1. The van der Waals surface area contributed by atoms with Crippen molar-refractivity contribution in [3.05, 3.63) is 24.3 Å². The first kappa shape index (κ1) is 16.3. The van der Waals surface area contributed by atoms with Gasteiger partial charge in [-0.25, -0.2) is 0 Å². The topological polar surface area (TPSA) is 87.8 Å². The number of anilines is 1. The summed E-state index contributed by atoms with van der Waals surface area (Å²) in [7, 11) is 1.59. The summed E-state index contributed by atoms with van der Waals surface area (Å²) in [5.74, 6) is 0.550. The second-order valence-electron chi connectivity index (χ2n) is 4.54. The van der Waals surface area contributed by atoms with Gasteiger partial charge in [-0.05, 0) is 18.7 Å². The number of carbonyl (C=O) groups excluding carboxylic acids is 1. The standard InChI is InChI=1S/C14H23N3O3/c1-3-17(9-14(19)16-2)8-12(18)10-20-13-6-4-5-11(15)7-13/h4-7,12,18H,3,8-10,15H2,1-2H3,(H,16,19). The average molecular weight is 281 g/mol. The van der Waals surface area contributed by atoms with Gasteiger partial charge >= 0.3 is 0 Å². The van der Waals surface area contributed by atoms with Gasteiger partial charge in [0.05, 0.1) is 6.54 Å². The molecule has 1 aromatic rings. The number of aliphatic hydroxyl groups excluding tert-OH is 1. The summed E-state index contributed by atoms with van der Waals surface area (Å²) in [4.78, 5) is 13.2. The molecule has 0 aliphatic rings. The normalized spacial score (nSPS) is 12.2. The maximum Gasteiger partial charge on any atom is 0.233 e. The molecular formula is C14H23N3O3. The van der Waals surface area contributed by atoms with E-state index in [0.29, 0.717) is 24.5 Å². The smallest absolute Gasteiger partial charge is 0.233 e. The number of carbonyl (C=O) groups is 1. The maximum atomic E-state index is 11.3. The molecule has 0 aliphatic carbocycles. The SMILES string of the molecule is CCN(CC(=O)NC)CC(O)COc1cccc(N)c1. The van der Waals surface area contributed by atoms with Crippen molar-refractivity contribution in [2.45, 2.75) is 13.0 Å². The number of nitrogen functional groups attached to an aromatic ring is 1. The highest BCUT2D eigenvalue weighted by Gasteiger charge is 2.13. The Morgan fingerprint density at radius 3 is 2.90 bits per heavy atom. The van der Waals surface area contributed by atoms with Crippen LogP contribution in [0.2, 0.25) is 0 Å². The molecule has 1 unspecified atom stereocenters. The third kappa shape index (κ3) is 5.90. The van der Waals surface area contributed by atoms with Gasteiger partial charge in [0.15, 0.2) is 0 Å². The molecule has 1 aromatic carbocycles. The lowest BCUT2D eigenvalue weighted by atomic mass is 10.3. The number of likely N-dealkylation sites (N-methyl/N-ethyl adjacent to an activating group) is 2. The van der Waals surface area contributed by atoms with Crippen molar-refractivity contribution in [2.24, 2.45) is 0 Å². The minimum atomic E-state index is -0.666. The van der Waals surface area contributed by atoms with Crippen molar-refractivity contribution in [3.8, 4) is 5.75 Å². The molecule has 6 nitrogen and oxygen atoms in total. The first-order valence-electron chi connectivity index (χ1n) is 6.64. The Labute approximate surface area is 119 Å². The Bertz CT molecular complexity index is 426. The fourth-order valence-electron chi connectivity index (χ4n) is 1.74. The van der Waals surface area contributed by atoms with Crippen molar-refractivity contribution < 1.29 is 14.6 Å². The summed E-state index contributed by atoms with van der Waals surface area (Å²) in [5.41, 5.74) is 6.26. The van der Waals surface area contributed by atoms with Crippen LogP contribution in [0.5, 0.6) is 5.75 Å². The lowest BCUT2D eigenvalue weighted by Crippen LogP contribution is -2.41. The molecule has 0 fully saturated rings. The molecule has 1 rings (SSSR count). The lowest BCUT2D eigenvalue weighted by Gasteiger charge is -2.22. The summed E-state index contributed by atoms with van der Waals surface area (Å²) >= 11 is 0. The molecule has 0 saturated carbocycles. The van der Waals surface area contributed by atoms with E-state index in [2.05, 4.69) is 5.32 Å². The maximum absolute atomic E-state index is 11.3. The molecule has 0 spiro atoms. The van der Waals surface area contributed by atoms with Crippen LogP contribution in [0.3, 0.4) is 0 Å². The zero-order valence-electron chi connectivity index (χ0n) is 12.0. The van der Waals surface area contributed by atoms with Crippen LogP contribution >= 0.6 is 0 Å². The second kappa shape index (κ2) is 8.39. The number of amides is 1. The van der Waals surface area contributed by atoms with E-state index in [1.54, 1.807) is 31.3 Å². The number of nitrogens with zero attached hydrogens (tertiary/aromatic N) is 1. The van der Waals surface area contributed by atoms with Gasteiger partial charge in [0.2, 0.25) is 5.91 Å². The summed E-state index contributed by atoms with van der Waals surface area (Å²) in [6, 6.07) is 7.05. The van der Waals surface area contributed by atoms with Gasteiger partial charge in [-0.15, -0.1) is 0 Å². The van der Waals surface area contributed by atoms with Crippen LogP contribution in [0.4, 0.5) is 5.69 Å². The lowest BCUT2D eigenvalue weighted by molar-refractivity contribution is -0.122. The summed E-state index contributed by atoms with van der Waals surface area (Å²) < 4.78 is 5.47. The van der Waals surface area contributed by atoms with E-state index in [1.165, 1.54) is 0 Å². The summed E-state index contributed by atoms with van der Waals surface area (Å²) in [6.45, 7) is 3.43. The molecule has 6 heteroatoms. The van der Waals surface area contributed by atoms with Crippen molar-refractivity contribution in [1.29, 1.82) is 0 Å². The Balaban J connectivity index is 2.38. The van der Waals surface area contributed by atoms with Crippen LogP contribution in [0.1, 0.15) is 6.92 Å². The molecule has 0 heterocycles. The van der Waals surface area contributed by atoms with Crippen LogP contribution in [-0.4, -0.2) is 55.3 Å². The van der Waals surface area contributed by atoms with E-state index in [4.69, 9.17) is 10.5 Å². The van der Waals surface area contributed by atoms with Gasteiger partial charge in [0, 0.05) is 25.3 Å². The Hall–Kier alpha value is -1.79. The molecule has 0 saturated heterocycles. The first-order valence-corrected chi connectivity index (χ1v) is 6.64. The molecule has 0 aliphatic heterocycles. The number of hydrogen-bond acceptors (Lipinski definition) is 5. The molecule has 20 heavy (non-hydrogen) atoms. The summed E-state index contributed by atoms with van der Waals surface area (Å²) in [5, 5.41) is 12.5. The van der Waals surface area contributed by atoms with Crippen molar-refractivity contribution >= 4 is 11.6 Å². The number of ether oxygens (including phenoxy) is 1. The molecule has 0 aromatic heterocycles. The molecule has 0 bridgehead atoms. The number of hydrogen-bond donors (Lipinski definition) is 3. The third-order valence-electron chi connectivity index (χ3n) is 2.86. The van der Waals surface area contributed by atoms with Gasteiger partial charge in [0.1, 0.15) is 18.5 Å². The molecule has 112 valence electrons. The largest absolute Gasteiger partial charge is 0.491 e. The molecule has 1 atom stereocenters. The van der Waals surface area contributed by atoms with Crippen LogP contribution in [0.15, 0.2) is 24.3 Å². The minimum absolute atomic E-state index is 0.0733. The van der Waals surface area contributed by atoms with E-state index >= 15 is 0 Å². The number of nitrogens with one attached hydrogen (secondary N) is 1. The van der Waals surface area contributed by atoms with Gasteiger partial charge in [-0.3, -0.25) is 9.69 Å². The average Bonchev–Trinajstić information content (AvgIpc) is 2.44. The van der Waals surface area contributed by atoms with E-state index < -0.39 is 6.10 Å². The monoisotopic (exact) mass is 281 g/mol. The highest BCUT2D eigenvalue weighted by molar-refractivity contribution is 5.77. The fraction of sp³-hybridized carbons (Fsp3) is 0.500. The predicted molar refractivity (Wildman–Crippen MR) is 78.5 cm³/mol. The van der Waals surface area contributed by atoms with E-state index in [9.17, 15) is 9.90 Å². The predicted octanol–water partition coefficient (Wildman–Crippen LogP) is 0.0764. The number of rotatable bonds is 8. The first-order chi connectivity index (χ1) is 9.55. The van der Waals surface area contributed by atoms with E-state index in [0.717, 1.165) is 0 Å². The summed E-state index contributed by atoms with van der Waals surface area (Å²) in [6.07, 6.45) is -0.666. The molecule has 4 N–H and O–H groups in total. The molecule has 1 amide bonds. The van der Waals surface area contributed by atoms with Gasteiger partial charge in [-0.2, -0.15) is 0 Å². The van der Waals surface area contributed by atoms with Gasteiger partial charge in [0.25, 0.3) is 0 Å². The fourth-order valence-corrected chi connectivity index (χ4v) is 1.74.